The second-order valence-corrected chi connectivity index (χ2v) is 7.58. The molecule has 5 heteroatoms. The first-order chi connectivity index (χ1) is 13.2. The number of rotatable bonds is 5. The van der Waals surface area contributed by atoms with Gasteiger partial charge >= 0.3 is 0 Å². The van der Waals surface area contributed by atoms with Gasteiger partial charge in [0.05, 0.1) is 5.02 Å². The topological polar surface area (TPSA) is 30.7 Å². The summed E-state index contributed by atoms with van der Waals surface area (Å²) in [6, 6.07) is 26.4. The molecular weight excluding hydrogens is 374 g/mol. The third-order valence-electron chi connectivity index (χ3n) is 4.25. The minimum atomic E-state index is 0.664. The number of aryl methyl sites for hydroxylation is 1. The van der Waals surface area contributed by atoms with E-state index in [1.165, 1.54) is 11.1 Å². The van der Waals surface area contributed by atoms with E-state index in [9.17, 15) is 0 Å². The monoisotopic (exact) mass is 391 g/mol. The van der Waals surface area contributed by atoms with Crippen molar-refractivity contribution in [1.29, 1.82) is 0 Å². The Bertz CT molecular complexity index is 1040. The van der Waals surface area contributed by atoms with Gasteiger partial charge < -0.3 is 0 Å². The number of hydrogen-bond donors (Lipinski definition) is 0. The molecule has 27 heavy (non-hydrogen) atoms. The number of benzene rings is 3. The summed E-state index contributed by atoms with van der Waals surface area (Å²) in [6.45, 7) is 2.10. The number of para-hydroxylation sites is 1. The SMILES string of the molecule is Cc1ccc(CSc2nnc(-c3ccccc3Cl)n2-c2ccccc2)cc1. The molecule has 0 aliphatic carbocycles. The van der Waals surface area contributed by atoms with Gasteiger partial charge in [-0.05, 0) is 36.8 Å². The average molecular weight is 392 g/mol. The van der Waals surface area contributed by atoms with Crippen molar-refractivity contribution in [2.45, 2.75) is 17.8 Å². The molecule has 134 valence electrons. The molecule has 0 fully saturated rings. The fraction of sp³-hybridized carbons (Fsp3) is 0.0909. The molecule has 0 spiro atoms. The zero-order valence-electron chi connectivity index (χ0n) is 14.8. The Hall–Kier alpha value is -2.56. The van der Waals surface area contributed by atoms with Crippen LogP contribution in [0, 0.1) is 6.92 Å². The maximum atomic E-state index is 6.43. The Morgan fingerprint density at radius 3 is 2.30 bits per heavy atom. The molecule has 0 amide bonds. The van der Waals surface area contributed by atoms with Crippen molar-refractivity contribution in [3.05, 3.63) is 95.0 Å². The molecule has 4 rings (SSSR count). The first-order valence-electron chi connectivity index (χ1n) is 8.66. The lowest BCUT2D eigenvalue weighted by Gasteiger charge is -2.11. The van der Waals surface area contributed by atoms with Crippen LogP contribution in [-0.4, -0.2) is 14.8 Å². The minimum Gasteiger partial charge on any atom is -0.270 e. The highest BCUT2D eigenvalue weighted by atomic mass is 35.5. The van der Waals surface area contributed by atoms with Crippen LogP contribution in [0.3, 0.4) is 0 Å². The number of hydrogen-bond acceptors (Lipinski definition) is 3. The zero-order chi connectivity index (χ0) is 18.6. The van der Waals surface area contributed by atoms with E-state index < -0.39 is 0 Å². The minimum absolute atomic E-state index is 0.664. The highest BCUT2D eigenvalue weighted by Crippen LogP contribution is 2.32. The molecule has 0 saturated heterocycles. The summed E-state index contributed by atoms with van der Waals surface area (Å²) in [7, 11) is 0. The van der Waals surface area contributed by atoms with Crippen LogP contribution in [0.1, 0.15) is 11.1 Å². The molecule has 3 aromatic carbocycles. The van der Waals surface area contributed by atoms with E-state index in [2.05, 4.69) is 58.1 Å². The lowest BCUT2D eigenvalue weighted by atomic mass is 10.2. The van der Waals surface area contributed by atoms with Crippen LogP contribution in [0.4, 0.5) is 0 Å². The molecule has 1 aromatic heterocycles. The second kappa shape index (κ2) is 7.99. The average Bonchev–Trinajstić information content (AvgIpc) is 3.12. The molecule has 0 radical (unpaired) electrons. The van der Waals surface area contributed by atoms with Gasteiger partial charge in [-0.15, -0.1) is 10.2 Å². The molecule has 1 heterocycles. The molecule has 0 aliphatic rings. The summed E-state index contributed by atoms with van der Waals surface area (Å²) in [5.41, 5.74) is 4.41. The van der Waals surface area contributed by atoms with Crippen molar-refractivity contribution in [3.8, 4) is 17.1 Å². The van der Waals surface area contributed by atoms with Crippen LogP contribution < -0.4 is 0 Å². The van der Waals surface area contributed by atoms with Crippen LogP contribution in [0.2, 0.25) is 5.02 Å². The maximum absolute atomic E-state index is 6.43. The molecule has 0 N–H and O–H groups in total. The summed E-state index contributed by atoms with van der Waals surface area (Å²) in [4.78, 5) is 0. The van der Waals surface area contributed by atoms with E-state index >= 15 is 0 Å². The molecule has 0 atom stereocenters. The number of aromatic nitrogens is 3. The van der Waals surface area contributed by atoms with Crippen molar-refractivity contribution < 1.29 is 0 Å². The molecule has 4 aromatic rings. The molecule has 0 saturated carbocycles. The van der Waals surface area contributed by atoms with E-state index in [4.69, 9.17) is 11.6 Å². The quantitative estimate of drug-likeness (QED) is 0.380. The zero-order valence-corrected chi connectivity index (χ0v) is 16.4. The third-order valence-corrected chi connectivity index (χ3v) is 5.58. The highest BCUT2D eigenvalue weighted by Gasteiger charge is 2.17. The summed E-state index contributed by atoms with van der Waals surface area (Å²) < 4.78 is 2.07. The van der Waals surface area contributed by atoms with Gasteiger partial charge in [-0.2, -0.15) is 0 Å². The lowest BCUT2D eigenvalue weighted by Crippen LogP contribution is -2.00. The van der Waals surface area contributed by atoms with Gasteiger partial charge in [-0.1, -0.05) is 83.5 Å². The number of thioether (sulfide) groups is 1. The Morgan fingerprint density at radius 2 is 1.56 bits per heavy atom. The van der Waals surface area contributed by atoms with Gasteiger partial charge in [0.25, 0.3) is 0 Å². The van der Waals surface area contributed by atoms with Gasteiger partial charge in [0.15, 0.2) is 11.0 Å². The summed E-state index contributed by atoms with van der Waals surface area (Å²) in [5, 5.41) is 10.4. The van der Waals surface area contributed by atoms with Crippen molar-refractivity contribution in [2.24, 2.45) is 0 Å². The first-order valence-corrected chi connectivity index (χ1v) is 10.0. The van der Waals surface area contributed by atoms with E-state index in [1.54, 1.807) is 11.8 Å². The van der Waals surface area contributed by atoms with Crippen molar-refractivity contribution in [1.82, 2.24) is 14.8 Å². The van der Waals surface area contributed by atoms with E-state index in [-0.39, 0.29) is 0 Å². The van der Waals surface area contributed by atoms with Gasteiger partial charge in [0.1, 0.15) is 0 Å². The fourth-order valence-corrected chi connectivity index (χ4v) is 3.95. The predicted molar refractivity (Wildman–Crippen MR) is 113 cm³/mol. The lowest BCUT2D eigenvalue weighted by molar-refractivity contribution is 0.886. The van der Waals surface area contributed by atoms with Gasteiger partial charge in [-0.3, -0.25) is 4.57 Å². The Morgan fingerprint density at radius 1 is 0.852 bits per heavy atom. The van der Waals surface area contributed by atoms with Crippen molar-refractivity contribution in [3.63, 3.8) is 0 Å². The normalized spacial score (nSPS) is 10.9. The van der Waals surface area contributed by atoms with Crippen LogP contribution in [0.25, 0.3) is 17.1 Å². The molecule has 0 bridgehead atoms. The van der Waals surface area contributed by atoms with Crippen LogP contribution >= 0.6 is 23.4 Å². The van der Waals surface area contributed by atoms with Crippen molar-refractivity contribution >= 4 is 23.4 Å². The van der Waals surface area contributed by atoms with Gasteiger partial charge in [-0.25, -0.2) is 0 Å². The maximum Gasteiger partial charge on any atom is 0.196 e. The fourth-order valence-electron chi connectivity index (χ4n) is 2.82. The standard InChI is InChI=1S/C22H18ClN3S/c1-16-11-13-17(14-12-16)15-27-22-25-24-21(19-9-5-6-10-20(19)23)26(22)18-7-3-2-4-8-18/h2-14H,15H2,1H3. The predicted octanol–water partition coefficient (Wildman–Crippen LogP) is 6.19. The molecule has 3 nitrogen and oxygen atoms in total. The first kappa shape index (κ1) is 17.8. The third kappa shape index (κ3) is 3.92. The smallest absolute Gasteiger partial charge is 0.196 e. The Balaban J connectivity index is 1.73. The summed E-state index contributed by atoms with van der Waals surface area (Å²) in [6.07, 6.45) is 0. The number of nitrogens with zero attached hydrogens (tertiary/aromatic N) is 3. The van der Waals surface area contributed by atoms with E-state index in [0.29, 0.717) is 5.02 Å². The van der Waals surface area contributed by atoms with Crippen LogP contribution in [-0.2, 0) is 5.75 Å². The highest BCUT2D eigenvalue weighted by molar-refractivity contribution is 7.98. The Labute approximate surface area is 168 Å². The summed E-state index contributed by atoms with van der Waals surface area (Å²) in [5.74, 6) is 1.58. The van der Waals surface area contributed by atoms with E-state index in [0.717, 1.165) is 28.0 Å². The second-order valence-electron chi connectivity index (χ2n) is 6.23. The Kier molecular flexibility index (Phi) is 5.28. The summed E-state index contributed by atoms with van der Waals surface area (Å²) >= 11 is 8.10. The van der Waals surface area contributed by atoms with Gasteiger partial charge in [0, 0.05) is 17.0 Å². The van der Waals surface area contributed by atoms with E-state index in [1.807, 2.05) is 42.5 Å². The van der Waals surface area contributed by atoms with Crippen molar-refractivity contribution in [2.75, 3.05) is 0 Å². The molecular formula is C22H18ClN3S. The number of halogens is 1. The molecule has 0 aliphatic heterocycles. The van der Waals surface area contributed by atoms with Gasteiger partial charge in [0.2, 0.25) is 0 Å². The molecule has 0 unspecified atom stereocenters. The largest absolute Gasteiger partial charge is 0.270 e. The van der Waals surface area contributed by atoms with Crippen LogP contribution in [0.15, 0.2) is 84.0 Å². The van der Waals surface area contributed by atoms with Crippen LogP contribution in [0.5, 0.6) is 0 Å².